The van der Waals surface area contributed by atoms with Gasteiger partial charge in [0.2, 0.25) is 0 Å². The fraction of sp³-hybridized carbons (Fsp3) is 0.238. The largest absolute Gasteiger partial charge is 0.504 e. The van der Waals surface area contributed by atoms with E-state index in [1.807, 2.05) is 18.2 Å². The van der Waals surface area contributed by atoms with Crippen LogP contribution >= 0.6 is 23.4 Å². The molecular weight excluding hydrogens is 396 g/mol. The number of methoxy groups -OCH3 is 1. The maximum atomic E-state index is 13.0. The minimum Gasteiger partial charge on any atom is -0.504 e. The number of phenols is 1. The highest BCUT2D eigenvalue weighted by atomic mass is 35.5. The van der Waals surface area contributed by atoms with Gasteiger partial charge in [0.05, 0.1) is 22.7 Å². The van der Waals surface area contributed by atoms with E-state index in [0.29, 0.717) is 33.1 Å². The molecule has 0 spiro atoms. The van der Waals surface area contributed by atoms with Crippen LogP contribution < -0.4 is 4.74 Å². The molecule has 5 nitrogen and oxygen atoms in total. The van der Waals surface area contributed by atoms with Gasteiger partial charge in [-0.25, -0.2) is 4.99 Å². The van der Waals surface area contributed by atoms with Crippen LogP contribution in [0.25, 0.3) is 6.08 Å². The summed E-state index contributed by atoms with van der Waals surface area (Å²) in [6.45, 7) is 4.67. The van der Waals surface area contributed by atoms with E-state index in [0.717, 1.165) is 5.56 Å². The summed E-state index contributed by atoms with van der Waals surface area (Å²) in [5, 5.41) is 10.9. The molecule has 3 rings (SSSR count). The van der Waals surface area contributed by atoms with Gasteiger partial charge in [-0.05, 0) is 53.6 Å². The van der Waals surface area contributed by atoms with Gasteiger partial charge in [0, 0.05) is 6.54 Å². The lowest BCUT2D eigenvalue weighted by molar-refractivity contribution is -0.122. The Morgan fingerprint density at radius 2 is 2.04 bits per heavy atom. The van der Waals surface area contributed by atoms with Gasteiger partial charge in [0.25, 0.3) is 5.91 Å². The highest BCUT2D eigenvalue weighted by Crippen LogP contribution is 2.37. The number of carbonyl (C=O) groups excluding carboxylic acids is 1. The van der Waals surface area contributed by atoms with Crippen LogP contribution in [-0.4, -0.2) is 34.7 Å². The number of thioether (sulfide) groups is 1. The lowest BCUT2D eigenvalue weighted by atomic mass is 10.1. The van der Waals surface area contributed by atoms with Crippen molar-refractivity contribution in [2.45, 2.75) is 13.8 Å². The van der Waals surface area contributed by atoms with E-state index in [-0.39, 0.29) is 17.6 Å². The molecule has 146 valence electrons. The number of rotatable bonds is 5. The fourth-order valence-electron chi connectivity index (χ4n) is 2.70. The van der Waals surface area contributed by atoms with Gasteiger partial charge in [-0.1, -0.05) is 43.6 Å². The van der Waals surface area contributed by atoms with Crippen molar-refractivity contribution in [3.8, 4) is 11.5 Å². The lowest BCUT2D eigenvalue weighted by Crippen LogP contribution is -2.32. The number of benzene rings is 2. The summed E-state index contributed by atoms with van der Waals surface area (Å²) in [6, 6.07) is 12.3. The third-order valence-corrected chi connectivity index (χ3v) is 5.33. The van der Waals surface area contributed by atoms with Gasteiger partial charge in [-0.3, -0.25) is 9.69 Å². The molecule has 1 N–H and O–H groups in total. The average molecular weight is 417 g/mol. The maximum absolute atomic E-state index is 13.0. The molecular formula is C21H21ClN2O3S. The molecule has 0 radical (unpaired) electrons. The number of halogens is 1. The molecule has 2 aromatic rings. The normalized spacial score (nSPS) is 17.2. The molecule has 0 unspecified atom stereocenters. The predicted molar refractivity (Wildman–Crippen MR) is 115 cm³/mol. The van der Waals surface area contributed by atoms with Gasteiger partial charge in [0.1, 0.15) is 0 Å². The van der Waals surface area contributed by atoms with E-state index in [1.165, 1.54) is 18.9 Å². The molecule has 1 fully saturated rings. The number of para-hydroxylation sites is 1. The Balaban J connectivity index is 1.98. The van der Waals surface area contributed by atoms with Crippen molar-refractivity contribution >= 4 is 46.2 Å². The number of hydrogen-bond donors (Lipinski definition) is 1. The number of carbonyl (C=O) groups is 1. The molecule has 1 aliphatic rings. The van der Waals surface area contributed by atoms with Crippen molar-refractivity contribution in [2.75, 3.05) is 13.7 Å². The summed E-state index contributed by atoms with van der Waals surface area (Å²) < 4.78 is 5.14. The van der Waals surface area contributed by atoms with Gasteiger partial charge in [0.15, 0.2) is 16.7 Å². The van der Waals surface area contributed by atoms with Crippen LogP contribution in [0.2, 0.25) is 5.02 Å². The maximum Gasteiger partial charge on any atom is 0.266 e. The Labute approximate surface area is 173 Å². The zero-order chi connectivity index (χ0) is 20.3. The van der Waals surface area contributed by atoms with E-state index in [2.05, 4.69) is 18.8 Å². The number of amidine groups is 1. The molecule has 1 aliphatic heterocycles. The van der Waals surface area contributed by atoms with Crippen LogP contribution in [0.3, 0.4) is 0 Å². The molecule has 7 heteroatoms. The smallest absolute Gasteiger partial charge is 0.266 e. The van der Waals surface area contributed by atoms with Gasteiger partial charge >= 0.3 is 0 Å². The summed E-state index contributed by atoms with van der Waals surface area (Å²) in [7, 11) is 1.49. The number of hydrogen-bond acceptors (Lipinski definition) is 5. The topological polar surface area (TPSA) is 62.1 Å². The first-order valence-corrected chi connectivity index (χ1v) is 10.00. The first-order chi connectivity index (χ1) is 13.4. The monoisotopic (exact) mass is 416 g/mol. The van der Waals surface area contributed by atoms with E-state index < -0.39 is 0 Å². The molecule has 0 aromatic heterocycles. The number of aliphatic imine (C=N–C) groups is 1. The van der Waals surface area contributed by atoms with E-state index in [9.17, 15) is 9.90 Å². The van der Waals surface area contributed by atoms with Crippen molar-refractivity contribution < 1.29 is 14.6 Å². The Morgan fingerprint density at radius 3 is 2.71 bits per heavy atom. The number of aromatic hydroxyl groups is 1. The summed E-state index contributed by atoms with van der Waals surface area (Å²) in [5.41, 5.74) is 1.38. The van der Waals surface area contributed by atoms with Crippen LogP contribution in [0.1, 0.15) is 19.4 Å². The molecule has 0 atom stereocenters. The quantitative estimate of drug-likeness (QED) is 0.670. The molecule has 0 aliphatic carbocycles. The van der Waals surface area contributed by atoms with Crippen LogP contribution in [0.5, 0.6) is 11.5 Å². The number of phenolic OH excluding ortho intramolecular Hbond substituents is 1. The third kappa shape index (κ3) is 4.51. The number of nitrogens with zero attached hydrogens (tertiary/aromatic N) is 2. The van der Waals surface area contributed by atoms with E-state index in [4.69, 9.17) is 16.3 Å². The SMILES string of the molecule is COc1cc(/C=C2/SC(=Nc3ccccc3Cl)N(CC(C)C)C2=O)ccc1O. The molecule has 2 aromatic carbocycles. The molecule has 1 saturated heterocycles. The van der Waals surface area contributed by atoms with Crippen molar-refractivity contribution in [1.29, 1.82) is 0 Å². The predicted octanol–water partition coefficient (Wildman–Crippen LogP) is 5.31. The Kier molecular flexibility index (Phi) is 6.31. The summed E-state index contributed by atoms with van der Waals surface area (Å²) in [6.07, 6.45) is 1.78. The fourth-order valence-corrected chi connectivity index (χ4v) is 3.88. The van der Waals surface area contributed by atoms with Crippen LogP contribution in [0.4, 0.5) is 5.69 Å². The molecule has 0 saturated carbocycles. The molecule has 0 bridgehead atoms. The second-order valence-electron chi connectivity index (χ2n) is 6.70. The average Bonchev–Trinajstić information content (AvgIpc) is 2.93. The number of amides is 1. The minimum atomic E-state index is -0.100. The first kappa shape index (κ1) is 20.3. The van der Waals surface area contributed by atoms with E-state index in [1.54, 1.807) is 35.2 Å². The Hall–Kier alpha value is -2.44. The van der Waals surface area contributed by atoms with Crippen molar-refractivity contribution in [3.63, 3.8) is 0 Å². The summed E-state index contributed by atoms with van der Waals surface area (Å²) >= 11 is 7.55. The first-order valence-electron chi connectivity index (χ1n) is 8.80. The zero-order valence-corrected chi connectivity index (χ0v) is 17.4. The Morgan fingerprint density at radius 1 is 1.29 bits per heavy atom. The highest BCUT2D eigenvalue weighted by molar-refractivity contribution is 8.18. The summed E-state index contributed by atoms with van der Waals surface area (Å²) in [5.74, 6) is 0.594. The van der Waals surface area contributed by atoms with Crippen LogP contribution in [0.15, 0.2) is 52.4 Å². The Bertz CT molecular complexity index is 956. The molecule has 28 heavy (non-hydrogen) atoms. The van der Waals surface area contributed by atoms with E-state index >= 15 is 0 Å². The summed E-state index contributed by atoms with van der Waals surface area (Å²) in [4.78, 5) is 19.9. The zero-order valence-electron chi connectivity index (χ0n) is 15.8. The molecule has 1 heterocycles. The highest BCUT2D eigenvalue weighted by Gasteiger charge is 2.33. The lowest BCUT2D eigenvalue weighted by Gasteiger charge is -2.17. The van der Waals surface area contributed by atoms with Crippen molar-refractivity contribution in [3.05, 3.63) is 58.0 Å². The standard InChI is InChI=1S/C21H21ClN2O3S/c1-13(2)12-24-20(26)19(11-14-8-9-17(25)18(10-14)27-3)28-21(24)23-16-7-5-4-6-15(16)22/h4-11,13,25H,12H2,1-3H3/b19-11+,23-21?. The minimum absolute atomic E-state index is 0.0532. The van der Waals surface area contributed by atoms with Crippen LogP contribution in [-0.2, 0) is 4.79 Å². The third-order valence-electron chi connectivity index (χ3n) is 4.01. The number of ether oxygens (including phenoxy) is 1. The second-order valence-corrected chi connectivity index (χ2v) is 8.11. The van der Waals surface area contributed by atoms with Gasteiger partial charge in [-0.2, -0.15) is 0 Å². The van der Waals surface area contributed by atoms with Crippen molar-refractivity contribution in [1.82, 2.24) is 4.90 Å². The molecule has 1 amide bonds. The van der Waals surface area contributed by atoms with Gasteiger partial charge in [-0.15, -0.1) is 0 Å². The van der Waals surface area contributed by atoms with Crippen LogP contribution in [0, 0.1) is 5.92 Å². The van der Waals surface area contributed by atoms with Gasteiger partial charge < -0.3 is 9.84 Å². The second kappa shape index (κ2) is 8.71. The van der Waals surface area contributed by atoms with Crippen molar-refractivity contribution in [2.24, 2.45) is 10.9 Å².